The third-order valence-corrected chi connectivity index (χ3v) is 2.77. The SMILES string of the molecule is Nc1cnn(CCNC(=O)c2ccc(Cl)c(F)c2)c1. The lowest BCUT2D eigenvalue weighted by Gasteiger charge is -2.06. The highest BCUT2D eigenvalue weighted by molar-refractivity contribution is 6.30. The molecule has 2 aromatic rings. The molecule has 5 nitrogen and oxygen atoms in total. The molecule has 0 aliphatic carbocycles. The molecule has 100 valence electrons. The predicted octanol–water partition coefficient (Wildman–Crippen LogP) is 1.69. The van der Waals surface area contributed by atoms with Crippen molar-refractivity contribution in [3.05, 3.63) is 47.0 Å². The van der Waals surface area contributed by atoms with Crippen LogP contribution in [0.15, 0.2) is 30.6 Å². The van der Waals surface area contributed by atoms with Crippen molar-refractivity contribution < 1.29 is 9.18 Å². The maximum absolute atomic E-state index is 13.2. The highest BCUT2D eigenvalue weighted by Gasteiger charge is 2.08. The van der Waals surface area contributed by atoms with E-state index < -0.39 is 5.82 Å². The predicted molar refractivity (Wildman–Crippen MR) is 70.4 cm³/mol. The van der Waals surface area contributed by atoms with Crippen LogP contribution in [0.1, 0.15) is 10.4 Å². The number of hydrogen-bond donors (Lipinski definition) is 2. The molecule has 0 saturated carbocycles. The summed E-state index contributed by atoms with van der Waals surface area (Å²) in [6.45, 7) is 0.850. The van der Waals surface area contributed by atoms with Crippen LogP contribution in [0.4, 0.5) is 10.1 Å². The van der Waals surface area contributed by atoms with E-state index >= 15 is 0 Å². The van der Waals surface area contributed by atoms with Gasteiger partial charge >= 0.3 is 0 Å². The second-order valence-corrected chi connectivity index (χ2v) is 4.33. The molecule has 19 heavy (non-hydrogen) atoms. The van der Waals surface area contributed by atoms with Gasteiger partial charge < -0.3 is 11.1 Å². The molecular weight excluding hydrogens is 271 g/mol. The van der Waals surface area contributed by atoms with Gasteiger partial charge in [-0.2, -0.15) is 5.10 Å². The van der Waals surface area contributed by atoms with Crippen LogP contribution in [-0.2, 0) is 6.54 Å². The van der Waals surface area contributed by atoms with E-state index in [1.165, 1.54) is 18.3 Å². The van der Waals surface area contributed by atoms with Gasteiger partial charge in [0.15, 0.2) is 0 Å². The second kappa shape index (κ2) is 5.71. The fraction of sp³-hybridized carbons (Fsp3) is 0.167. The second-order valence-electron chi connectivity index (χ2n) is 3.92. The molecule has 0 saturated heterocycles. The number of nitrogens with zero attached hydrogens (tertiary/aromatic N) is 2. The summed E-state index contributed by atoms with van der Waals surface area (Å²) in [5, 5.41) is 6.62. The van der Waals surface area contributed by atoms with E-state index in [1.807, 2.05) is 0 Å². The number of carbonyl (C=O) groups is 1. The average molecular weight is 283 g/mol. The maximum atomic E-state index is 13.2. The van der Waals surface area contributed by atoms with Gasteiger partial charge in [0.05, 0.1) is 23.5 Å². The molecule has 0 fully saturated rings. The molecule has 0 spiro atoms. The van der Waals surface area contributed by atoms with Gasteiger partial charge in [0.1, 0.15) is 5.82 Å². The van der Waals surface area contributed by atoms with Crippen molar-refractivity contribution in [1.82, 2.24) is 15.1 Å². The summed E-state index contributed by atoms with van der Waals surface area (Å²) in [7, 11) is 0. The van der Waals surface area contributed by atoms with Crippen LogP contribution < -0.4 is 11.1 Å². The number of nitrogens with two attached hydrogens (primary N) is 1. The Kier molecular flexibility index (Phi) is 4.01. The quantitative estimate of drug-likeness (QED) is 0.896. The van der Waals surface area contributed by atoms with Gasteiger partial charge in [-0.05, 0) is 18.2 Å². The van der Waals surface area contributed by atoms with Crippen molar-refractivity contribution in [3.8, 4) is 0 Å². The molecule has 0 bridgehead atoms. The first kappa shape index (κ1) is 13.4. The number of hydrogen-bond acceptors (Lipinski definition) is 3. The summed E-state index contributed by atoms with van der Waals surface area (Å²) in [5.74, 6) is -0.982. The zero-order valence-electron chi connectivity index (χ0n) is 9.94. The number of benzene rings is 1. The summed E-state index contributed by atoms with van der Waals surface area (Å²) in [6, 6.07) is 3.91. The molecule has 3 N–H and O–H groups in total. The molecule has 0 aliphatic rings. The number of nitrogens with one attached hydrogen (secondary N) is 1. The van der Waals surface area contributed by atoms with Gasteiger partial charge in [-0.25, -0.2) is 4.39 Å². The van der Waals surface area contributed by atoms with Crippen molar-refractivity contribution >= 4 is 23.2 Å². The Morgan fingerprint density at radius 1 is 1.53 bits per heavy atom. The molecule has 7 heteroatoms. The molecule has 0 radical (unpaired) electrons. The Labute approximate surface area is 114 Å². The average Bonchev–Trinajstić information content (AvgIpc) is 2.78. The highest BCUT2D eigenvalue weighted by atomic mass is 35.5. The van der Waals surface area contributed by atoms with Crippen LogP contribution in [0, 0.1) is 5.82 Å². The molecule has 1 amide bonds. The number of rotatable bonds is 4. The first-order valence-corrected chi connectivity index (χ1v) is 5.95. The Hall–Kier alpha value is -2.08. The lowest BCUT2D eigenvalue weighted by molar-refractivity contribution is 0.0951. The van der Waals surface area contributed by atoms with Crippen molar-refractivity contribution in [1.29, 1.82) is 0 Å². The first-order chi connectivity index (χ1) is 9.06. The highest BCUT2D eigenvalue weighted by Crippen LogP contribution is 2.15. The van der Waals surface area contributed by atoms with Gasteiger partial charge in [-0.1, -0.05) is 11.6 Å². The molecule has 0 aliphatic heterocycles. The fourth-order valence-corrected chi connectivity index (χ4v) is 1.64. The smallest absolute Gasteiger partial charge is 0.251 e. The lowest BCUT2D eigenvalue weighted by atomic mass is 10.2. The number of carbonyl (C=O) groups excluding carboxylic acids is 1. The Morgan fingerprint density at radius 2 is 2.32 bits per heavy atom. The molecule has 0 unspecified atom stereocenters. The van der Waals surface area contributed by atoms with E-state index in [1.54, 1.807) is 10.9 Å². The number of halogens is 2. The van der Waals surface area contributed by atoms with Crippen LogP contribution in [0.25, 0.3) is 0 Å². The fourth-order valence-electron chi connectivity index (χ4n) is 1.53. The molecule has 1 aromatic carbocycles. The van der Waals surface area contributed by atoms with Gasteiger partial charge in [-0.3, -0.25) is 9.48 Å². The van der Waals surface area contributed by atoms with Crippen molar-refractivity contribution in [2.24, 2.45) is 0 Å². The zero-order valence-corrected chi connectivity index (χ0v) is 10.7. The third-order valence-electron chi connectivity index (χ3n) is 2.46. The van der Waals surface area contributed by atoms with Gasteiger partial charge in [-0.15, -0.1) is 0 Å². The minimum atomic E-state index is -0.617. The van der Waals surface area contributed by atoms with Crippen LogP contribution >= 0.6 is 11.6 Å². The first-order valence-electron chi connectivity index (χ1n) is 5.57. The molecule has 1 heterocycles. The van der Waals surface area contributed by atoms with Crippen LogP contribution in [0.2, 0.25) is 5.02 Å². The normalized spacial score (nSPS) is 10.4. The minimum Gasteiger partial charge on any atom is -0.396 e. The molecule has 0 atom stereocenters. The number of anilines is 1. The summed E-state index contributed by atoms with van der Waals surface area (Å²) >= 11 is 5.54. The molecule has 1 aromatic heterocycles. The van der Waals surface area contributed by atoms with Crippen LogP contribution in [0.5, 0.6) is 0 Å². The van der Waals surface area contributed by atoms with Crippen molar-refractivity contribution in [2.75, 3.05) is 12.3 Å². The van der Waals surface area contributed by atoms with Crippen LogP contribution in [-0.4, -0.2) is 22.2 Å². The Balaban J connectivity index is 1.89. The van der Waals surface area contributed by atoms with Gasteiger partial charge in [0, 0.05) is 18.3 Å². The topological polar surface area (TPSA) is 72.9 Å². The maximum Gasteiger partial charge on any atom is 0.251 e. The van der Waals surface area contributed by atoms with E-state index in [0.29, 0.717) is 18.8 Å². The van der Waals surface area contributed by atoms with Crippen molar-refractivity contribution in [3.63, 3.8) is 0 Å². The number of amides is 1. The van der Waals surface area contributed by atoms with E-state index in [2.05, 4.69) is 10.4 Å². The summed E-state index contributed by atoms with van der Waals surface area (Å²) < 4.78 is 14.8. The van der Waals surface area contributed by atoms with E-state index in [9.17, 15) is 9.18 Å². The van der Waals surface area contributed by atoms with Crippen molar-refractivity contribution in [2.45, 2.75) is 6.54 Å². The van der Waals surface area contributed by atoms with E-state index in [-0.39, 0.29) is 16.5 Å². The van der Waals surface area contributed by atoms with Gasteiger partial charge in [0.25, 0.3) is 5.91 Å². The minimum absolute atomic E-state index is 0.0106. The monoisotopic (exact) mass is 282 g/mol. The zero-order chi connectivity index (χ0) is 13.8. The Bertz CT molecular complexity index is 599. The summed E-state index contributed by atoms with van der Waals surface area (Å²) in [5.41, 5.74) is 6.29. The summed E-state index contributed by atoms with van der Waals surface area (Å²) in [4.78, 5) is 11.7. The number of nitrogen functional groups attached to an aromatic ring is 1. The molecule has 2 rings (SSSR count). The largest absolute Gasteiger partial charge is 0.396 e. The Morgan fingerprint density at radius 3 is 2.95 bits per heavy atom. The van der Waals surface area contributed by atoms with Crippen LogP contribution in [0.3, 0.4) is 0 Å². The van der Waals surface area contributed by atoms with E-state index in [0.717, 1.165) is 6.07 Å². The third kappa shape index (κ3) is 3.45. The standard InChI is InChI=1S/C12H12ClFN4O/c13-10-2-1-8(5-11(10)14)12(19)16-3-4-18-7-9(15)6-17-18/h1-2,5-7H,3-4,15H2,(H,16,19). The molecular formula is C12H12ClFN4O. The number of aromatic nitrogens is 2. The summed E-state index contributed by atoms with van der Waals surface area (Å²) in [6.07, 6.45) is 3.19. The van der Waals surface area contributed by atoms with Gasteiger partial charge in [0.2, 0.25) is 0 Å². The van der Waals surface area contributed by atoms with E-state index in [4.69, 9.17) is 17.3 Å². The lowest BCUT2D eigenvalue weighted by Crippen LogP contribution is -2.27.